The number of nitrogens with zero attached hydrogens (tertiary/aromatic N) is 1. The molecule has 1 heterocycles. The van der Waals surface area contributed by atoms with Gasteiger partial charge in [0.1, 0.15) is 10.2 Å². The lowest BCUT2D eigenvalue weighted by Gasteiger charge is -2.23. The number of aromatic nitrogens is 1. The van der Waals surface area contributed by atoms with Crippen LogP contribution in [-0.4, -0.2) is 40.2 Å². The fourth-order valence-corrected chi connectivity index (χ4v) is 2.07. The summed E-state index contributed by atoms with van der Waals surface area (Å²) in [7, 11) is 0. The Morgan fingerprint density at radius 1 is 1.43 bits per heavy atom. The molecular formula is C14H19BrN2O4. The molecular weight excluding hydrogens is 340 g/mol. The van der Waals surface area contributed by atoms with E-state index < -0.39 is 30.1 Å². The monoisotopic (exact) mass is 358 g/mol. The molecule has 1 atom stereocenters. The van der Waals surface area contributed by atoms with Gasteiger partial charge in [-0.3, -0.25) is 4.79 Å². The first-order valence-corrected chi connectivity index (χ1v) is 7.21. The van der Waals surface area contributed by atoms with E-state index in [-0.39, 0.29) is 5.56 Å². The quantitative estimate of drug-likeness (QED) is 0.630. The maximum atomic E-state index is 12.1. The average molecular weight is 359 g/mol. The lowest BCUT2D eigenvalue weighted by molar-refractivity contribution is -0.158. The Morgan fingerprint density at radius 3 is 2.52 bits per heavy atom. The van der Waals surface area contributed by atoms with Crippen molar-refractivity contribution in [3.8, 4) is 0 Å². The Bertz CT molecular complexity index is 540. The zero-order chi connectivity index (χ0) is 16.2. The van der Waals surface area contributed by atoms with Gasteiger partial charge in [0.25, 0.3) is 5.91 Å². The number of ether oxygens (including phenoxy) is 1. The second kappa shape index (κ2) is 7.00. The predicted molar refractivity (Wildman–Crippen MR) is 80.9 cm³/mol. The number of carbonyl (C=O) groups is 2. The first-order chi connectivity index (χ1) is 9.64. The van der Waals surface area contributed by atoms with E-state index in [4.69, 9.17) is 4.74 Å². The number of hydrogen-bond acceptors (Lipinski definition) is 5. The molecule has 0 spiro atoms. The van der Waals surface area contributed by atoms with Crippen LogP contribution in [0.5, 0.6) is 0 Å². The molecule has 116 valence electrons. The van der Waals surface area contributed by atoms with Gasteiger partial charge in [-0.1, -0.05) is 0 Å². The molecule has 0 bridgehead atoms. The fourth-order valence-electron chi connectivity index (χ4n) is 1.48. The first-order valence-electron chi connectivity index (χ1n) is 6.42. The van der Waals surface area contributed by atoms with Crippen LogP contribution in [0.3, 0.4) is 0 Å². The number of carbonyl (C=O) groups excluding carboxylic acids is 2. The summed E-state index contributed by atoms with van der Waals surface area (Å²) in [6.45, 7) is 6.38. The standard InChI is InChI=1S/C14H19BrN2O4/c1-8-5-6-9(11(15)16-8)12(19)17-10(7-18)13(20)21-14(2,3)4/h5-6,10,18H,7H2,1-4H3,(H,17,19). The minimum absolute atomic E-state index is 0.280. The number of pyridine rings is 1. The van der Waals surface area contributed by atoms with Gasteiger partial charge in [0.15, 0.2) is 6.04 Å². The Kier molecular flexibility index (Phi) is 5.86. The summed E-state index contributed by atoms with van der Waals surface area (Å²) < 4.78 is 5.51. The molecule has 0 fully saturated rings. The van der Waals surface area contributed by atoms with Gasteiger partial charge in [0.2, 0.25) is 0 Å². The van der Waals surface area contributed by atoms with Crippen LogP contribution in [0.4, 0.5) is 0 Å². The maximum absolute atomic E-state index is 12.1. The van der Waals surface area contributed by atoms with Crippen molar-refractivity contribution in [2.45, 2.75) is 39.3 Å². The number of amides is 1. The number of nitrogens with one attached hydrogen (secondary N) is 1. The van der Waals surface area contributed by atoms with Crippen LogP contribution in [0.2, 0.25) is 0 Å². The second-order valence-electron chi connectivity index (χ2n) is 5.53. The molecule has 0 radical (unpaired) electrons. The molecule has 1 aromatic heterocycles. The molecule has 7 heteroatoms. The summed E-state index contributed by atoms with van der Waals surface area (Å²) in [4.78, 5) is 28.1. The van der Waals surface area contributed by atoms with Crippen molar-refractivity contribution in [2.24, 2.45) is 0 Å². The molecule has 1 unspecified atom stereocenters. The van der Waals surface area contributed by atoms with Gasteiger partial charge in [0, 0.05) is 5.69 Å². The first kappa shape index (κ1) is 17.6. The van der Waals surface area contributed by atoms with Crippen LogP contribution in [-0.2, 0) is 9.53 Å². The summed E-state index contributed by atoms with van der Waals surface area (Å²) in [6.07, 6.45) is 0. The number of aliphatic hydroxyl groups excluding tert-OH is 1. The minimum Gasteiger partial charge on any atom is -0.458 e. The Hall–Kier alpha value is -1.47. The smallest absolute Gasteiger partial charge is 0.331 e. The van der Waals surface area contributed by atoms with Crippen molar-refractivity contribution >= 4 is 27.8 Å². The van der Waals surface area contributed by atoms with E-state index in [9.17, 15) is 14.7 Å². The topological polar surface area (TPSA) is 88.5 Å². The lowest BCUT2D eigenvalue weighted by Crippen LogP contribution is -2.46. The Balaban J connectivity index is 2.81. The second-order valence-corrected chi connectivity index (χ2v) is 6.28. The summed E-state index contributed by atoms with van der Waals surface area (Å²) in [5.41, 5.74) is 0.341. The molecule has 1 rings (SSSR count). The summed E-state index contributed by atoms with van der Waals surface area (Å²) in [5.74, 6) is -1.20. The minimum atomic E-state index is -1.12. The van der Waals surface area contributed by atoms with Gasteiger partial charge in [-0.2, -0.15) is 0 Å². The molecule has 0 aliphatic rings. The maximum Gasteiger partial charge on any atom is 0.331 e. The summed E-state index contributed by atoms with van der Waals surface area (Å²) >= 11 is 3.19. The number of hydrogen-bond donors (Lipinski definition) is 2. The van der Waals surface area contributed by atoms with Crippen molar-refractivity contribution in [3.05, 3.63) is 28.0 Å². The molecule has 0 saturated heterocycles. The van der Waals surface area contributed by atoms with E-state index >= 15 is 0 Å². The van der Waals surface area contributed by atoms with Gasteiger partial charge in [-0.05, 0) is 55.8 Å². The van der Waals surface area contributed by atoms with E-state index in [1.807, 2.05) is 0 Å². The molecule has 0 aliphatic heterocycles. The van der Waals surface area contributed by atoms with E-state index in [0.717, 1.165) is 5.69 Å². The van der Waals surface area contributed by atoms with Gasteiger partial charge in [-0.25, -0.2) is 9.78 Å². The van der Waals surface area contributed by atoms with Crippen molar-refractivity contribution in [1.29, 1.82) is 0 Å². The van der Waals surface area contributed by atoms with E-state index in [1.54, 1.807) is 39.8 Å². The predicted octanol–water partition coefficient (Wildman–Crippen LogP) is 1.58. The van der Waals surface area contributed by atoms with E-state index in [2.05, 4.69) is 26.2 Å². The summed E-state index contributed by atoms with van der Waals surface area (Å²) in [6, 6.07) is 2.15. The molecule has 1 amide bonds. The third-order valence-electron chi connectivity index (χ3n) is 2.41. The van der Waals surface area contributed by atoms with Crippen LogP contribution in [0.1, 0.15) is 36.8 Å². The number of esters is 1. The highest BCUT2D eigenvalue weighted by molar-refractivity contribution is 9.10. The third kappa shape index (κ3) is 5.43. The van der Waals surface area contributed by atoms with Crippen molar-refractivity contribution in [2.75, 3.05) is 6.61 Å². The molecule has 2 N–H and O–H groups in total. The highest BCUT2D eigenvalue weighted by atomic mass is 79.9. The number of aryl methyl sites for hydroxylation is 1. The van der Waals surface area contributed by atoms with Gasteiger partial charge in [-0.15, -0.1) is 0 Å². The molecule has 0 aromatic carbocycles. The van der Waals surface area contributed by atoms with Gasteiger partial charge < -0.3 is 15.2 Å². The van der Waals surface area contributed by atoms with E-state index in [1.165, 1.54) is 0 Å². The zero-order valence-corrected chi connectivity index (χ0v) is 14.0. The van der Waals surface area contributed by atoms with Crippen LogP contribution < -0.4 is 5.32 Å². The van der Waals surface area contributed by atoms with Crippen molar-refractivity contribution in [3.63, 3.8) is 0 Å². The molecule has 0 aliphatic carbocycles. The van der Waals surface area contributed by atoms with Crippen LogP contribution >= 0.6 is 15.9 Å². The molecule has 21 heavy (non-hydrogen) atoms. The highest BCUT2D eigenvalue weighted by Crippen LogP contribution is 2.15. The number of rotatable bonds is 4. The van der Waals surface area contributed by atoms with Crippen LogP contribution in [0.15, 0.2) is 16.7 Å². The lowest BCUT2D eigenvalue weighted by atomic mass is 10.2. The SMILES string of the molecule is Cc1ccc(C(=O)NC(CO)C(=O)OC(C)(C)C)c(Br)n1. The van der Waals surface area contributed by atoms with Gasteiger partial charge >= 0.3 is 5.97 Å². The average Bonchev–Trinajstić information content (AvgIpc) is 2.33. The highest BCUT2D eigenvalue weighted by Gasteiger charge is 2.27. The largest absolute Gasteiger partial charge is 0.458 e. The summed E-state index contributed by atoms with van der Waals surface area (Å²) in [5, 5.41) is 11.7. The third-order valence-corrected chi connectivity index (χ3v) is 3.02. The van der Waals surface area contributed by atoms with E-state index in [0.29, 0.717) is 4.60 Å². The molecule has 6 nitrogen and oxygen atoms in total. The molecule has 1 aromatic rings. The van der Waals surface area contributed by atoms with Crippen LogP contribution in [0, 0.1) is 6.92 Å². The Labute approximate surface area is 132 Å². The Morgan fingerprint density at radius 2 is 2.05 bits per heavy atom. The fraction of sp³-hybridized carbons (Fsp3) is 0.500. The van der Waals surface area contributed by atoms with Crippen LogP contribution in [0.25, 0.3) is 0 Å². The zero-order valence-electron chi connectivity index (χ0n) is 12.4. The van der Waals surface area contributed by atoms with Crippen molar-refractivity contribution in [1.82, 2.24) is 10.3 Å². The number of aliphatic hydroxyl groups is 1. The number of halogens is 1. The van der Waals surface area contributed by atoms with Crippen molar-refractivity contribution < 1.29 is 19.4 Å². The van der Waals surface area contributed by atoms with Gasteiger partial charge in [0.05, 0.1) is 12.2 Å². The normalized spacial score (nSPS) is 12.7. The molecule has 0 saturated carbocycles.